The van der Waals surface area contributed by atoms with Gasteiger partial charge in [0.1, 0.15) is 0 Å². The second kappa shape index (κ2) is 8.11. The zero-order valence-electron chi connectivity index (χ0n) is 13.6. The fourth-order valence-corrected chi connectivity index (χ4v) is 2.91. The van der Waals surface area contributed by atoms with Crippen molar-refractivity contribution >= 4 is 29.0 Å². The quantitative estimate of drug-likeness (QED) is 0.819. The molecule has 0 bridgehead atoms. The second-order valence-electron chi connectivity index (χ2n) is 5.41. The summed E-state index contributed by atoms with van der Waals surface area (Å²) in [5, 5.41) is 0. The third-order valence-corrected chi connectivity index (χ3v) is 4.15. The Balaban J connectivity index is 2.00. The average Bonchev–Trinajstić information content (AvgIpc) is 2.54. The normalized spacial score (nSPS) is 18.9. The van der Waals surface area contributed by atoms with E-state index in [-0.39, 0.29) is 18.0 Å². The molecule has 1 heterocycles. The number of nitrogens with zero attached hydrogens (tertiary/aromatic N) is 2. The van der Waals surface area contributed by atoms with Crippen LogP contribution in [0.1, 0.15) is 24.2 Å². The summed E-state index contributed by atoms with van der Waals surface area (Å²) in [6, 6.07) is 6.07. The van der Waals surface area contributed by atoms with Crippen molar-refractivity contribution in [2.75, 3.05) is 31.0 Å². The van der Waals surface area contributed by atoms with E-state index in [2.05, 4.69) is 4.72 Å². The number of hydrogen-bond donors (Lipinski definition) is 1. The smallest absolute Gasteiger partial charge is 0.409 e. The lowest BCUT2D eigenvalue weighted by Crippen LogP contribution is -2.55. The van der Waals surface area contributed by atoms with E-state index in [1.807, 2.05) is 6.92 Å². The van der Waals surface area contributed by atoms with E-state index in [0.29, 0.717) is 37.5 Å². The van der Waals surface area contributed by atoms with Crippen molar-refractivity contribution in [2.24, 2.45) is 0 Å². The third-order valence-electron chi connectivity index (χ3n) is 3.75. The summed E-state index contributed by atoms with van der Waals surface area (Å²) in [7, 11) is 0. The molecular formula is C15H20N3O5S-. The molecule has 1 N–H and O–H groups in total. The number of anilines is 1. The Morgan fingerprint density at radius 1 is 1.33 bits per heavy atom. The van der Waals surface area contributed by atoms with E-state index in [0.717, 1.165) is 0 Å². The first kappa shape index (κ1) is 18.2. The minimum absolute atomic E-state index is 0.136. The summed E-state index contributed by atoms with van der Waals surface area (Å²) >= 11 is -2.40. The van der Waals surface area contributed by atoms with Crippen LogP contribution in [0.2, 0.25) is 0 Å². The first-order valence-electron chi connectivity index (χ1n) is 7.61. The van der Waals surface area contributed by atoms with Gasteiger partial charge in [-0.25, -0.2) is 4.79 Å². The number of amides is 2. The fourth-order valence-electron chi connectivity index (χ4n) is 2.58. The Kier molecular flexibility index (Phi) is 6.16. The van der Waals surface area contributed by atoms with Crippen LogP contribution in [0.4, 0.5) is 10.5 Å². The molecule has 9 heteroatoms. The summed E-state index contributed by atoms with van der Waals surface area (Å²) in [6.45, 7) is 5.20. The summed E-state index contributed by atoms with van der Waals surface area (Å²) in [4.78, 5) is 27.6. The maximum atomic E-state index is 12.6. The van der Waals surface area contributed by atoms with Gasteiger partial charge in [0, 0.05) is 48.2 Å². The van der Waals surface area contributed by atoms with Gasteiger partial charge >= 0.3 is 6.09 Å². The van der Waals surface area contributed by atoms with Crippen LogP contribution in [-0.4, -0.2) is 62.8 Å². The highest BCUT2D eigenvalue weighted by Gasteiger charge is 2.30. The predicted octanol–water partition coefficient (Wildman–Crippen LogP) is 1.20. The Hall–Kier alpha value is -2.13. The van der Waals surface area contributed by atoms with Crippen molar-refractivity contribution in [3.05, 3.63) is 29.8 Å². The lowest BCUT2D eigenvalue weighted by molar-refractivity contribution is 0.0423. The molecule has 1 fully saturated rings. The number of hydrogen-bond acceptors (Lipinski definition) is 5. The molecule has 0 aliphatic carbocycles. The van der Waals surface area contributed by atoms with Crippen molar-refractivity contribution < 1.29 is 23.1 Å². The third kappa shape index (κ3) is 4.45. The Bertz CT molecular complexity index is 622. The van der Waals surface area contributed by atoms with Gasteiger partial charge in [0.15, 0.2) is 0 Å². The van der Waals surface area contributed by atoms with Gasteiger partial charge in [0.2, 0.25) is 0 Å². The number of nitrogens with one attached hydrogen (secondary N) is 1. The molecule has 2 rings (SSSR count). The van der Waals surface area contributed by atoms with Crippen LogP contribution in [0.15, 0.2) is 24.3 Å². The molecule has 1 aliphatic rings. The number of ether oxygens (including phenoxy) is 1. The van der Waals surface area contributed by atoms with Crippen molar-refractivity contribution in [1.29, 1.82) is 0 Å². The molecule has 0 aromatic heterocycles. The molecule has 2 atom stereocenters. The van der Waals surface area contributed by atoms with Crippen molar-refractivity contribution in [1.82, 2.24) is 9.80 Å². The first-order chi connectivity index (χ1) is 11.4. The first-order valence-corrected chi connectivity index (χ1v) is 8.68. The molecule has 0 spiro atoms. The number of carbonyl (C=O) groups excluding carboxylic acids is 2. The molecule has 1 saturated heterocycles. The maximum Gasteiger partial charge on any atom is 0.409 e. The highest BCUT2D eigenvalue weighted by atomic mass is 32.2. The van der Waals surface area contributed by atoms with Crippen molar-refractivity contribution in [3.8, 4) is 0 Å². The average molecular weight is 354 g/mol. The van der Waals surface area contributed by atoms with E-state index in [1.54, 1.807) is 28.9 Å². The molecule has 1 aromatic rings. The van der Waals surface area contributed by atoms with Crippen LogP contribution in [0.25, 0.3) is 0 Å². The monoisotopic (exact) mass is 354 g/mol. The minimum Gasteiger partial charge on any atom is -0.755 e. The summed E-state index contributed by atoms with van der Waals surface area (Å²) in [5.74, 6) is -0.152. The van der Waals surface area contributed by atoms with Crippen LogP contribution in [0, 0.1) is 0 Å². The summed E-state index contributed by atoms with van der Waals surface area (Å²) < 4.78 is 28.4. The lowest BCUT2D eigenvalue weighted by Gasteiger charge is -2.39. The number of rotatable bonds is 4. The molecule has 2 amide bonds. The van der Waals surface area contributed by atoms with Gasteiger partial charge in [-0.2, -0.15) is 0 Å². The van der Waals surface area contributed by atoms with E-state index >= 15 is 0 Å². The summed E-state index contributed by atoms with van der Waals surface area (Å²) in [5.41, 5.74) is 0.855. The zero-order valence-corrected chi connectivity index (χ0v) is 14.4. The number of piperazine rings is 1. The van der Waals surface area contributed by atoms with Crippen LogP contribution < -0.4 is 4.72 Å². The van der Waals surface area contributed by atoms with Gasteiger partial charge in [-0.1, -0.05) is 0 Å². The molecule has 132 valence electrons. The molecule has 0 saturated carbocycles. The van der Waals surface area contributed by atoms with Crippen LogP contribution in [0.3, 0.4) is 0 Å². The van der Waals surface area contributed by atoms with Gasteiger partial charge in [0.05, 0.1) is 6.61 Å². The Labute approximate surface area is 143 Å². The Morgan fingerprint density at radius 3 is 2.54 bits per heavy atom. The lowest BCUT2D eigenvalue weighted by atomic mass is 10.1. The molecule has 1 aliphatic heterocycles. The molecular weight excluding hydrogens is 334 g/mol. The molecule has 0 radical (unpaired) electrons. The topological polar surface area (TPSA) is 102 Å². The summed E-state index contributed by atoms with van der Waals surface area (Å²) in [6.07, 6.45) is -0.363. The largest absolute Gasteiger partial charge is 0.755 e. The highest BCUT2D eigenvalue weighted by Crippen LogP contribution is 2.17. The van der Waals surface area contributed by atoms with Gasteiger partial charge in [-0.15, -0.1) is 0 Å². The van der Waals surface area contributed by atoms with E-state index in [1.165, 1.54) is 12.1 Å². The predicted molar refractivity (Wildman–Crippen MR) is 88.1 cm³/mol. The second-order valence-corrected chi connectivity index (χ2v) is 6.08. The maximum absolute atomic E-state index is 12.6. The molecule has 24 heavy (non-hydrogen) atoms. The number of carbonyl (C=O) groups is 2. The van der Waals surface area contributed by atoms with Crippen molar-refractivity contribution in [2.45, 2.75) is 19.9 Å². The fraction of sp³-hybridized carbons (Fsp3) is 0.467. The SMILES string of the molecule is CCOC(=O)N1CCN(C(=O)c2ccc(NS(=O)[O-])cc2)[C@@H](C)C1. The molecule has 1 aromatic carbocycles. The van der Waals surface area contributed by atoms with Gasteiger partial charge in [0.25, 0.3) is 5.91 Å². The van der Waals surface area contributed by atoms with Crippen LogP contribution >= 0.6 is 0 Å². The molecule has 1 unspecified atom stereocenters. The standard InChI is InChI=1S/C15H21N3O5S/c1-3-23-15(20)17-8-9-18(11(2)10-17)14(19)12-4-6-13(7-5-12)16-24(21)22/h4-7,11,16H,3,8-10H2,1-2H3,(H,21,22)/p-1/t11-/m0/s1. The zero-order chi connectivity index (χ0) is 17.7. The van der Waals surface area contributed by atoms with E-state index in [9.17, 15) is 18.4 Å². The van der Waals surface area contributed by atoms with Gasteiger partial charge in [-0.3, -0.25) is 9.00 Å². The van der Waals surface area contributed by atoms with E-state index in [4.69, 9.17) is 4.74 Å². The minimum atomic E-state index is -2.40. The Morgan fingerprint density at radius 2 is 2.00 bits per heavy atom. The van der Waals surface area contributed by atoms with Crippen LogP contribution in [0.5, 0.6) is 0 Å². The van der Waals surface area contributed by atoms with E-state index < -0.39 is 11.3 Å². The van der Waals surface area contributed by atoms with Gasteiger partial charge in [-0.05, 0) is 38.1 Å². The number of benzene rings is 1. The van der Waals surface area contributed by atoms with Gasteiger partial charge < -0.3 is 23.8 Å². The molecule has 8 nitrogen and oxygen atoms in total. The highest BCUT2D eigenvalue weighted by molar-refractivity contribution is 7.80. The van der Waals surface area contributed by atoms with Crippen LogP contribution in [-0.2, 0) is 16.0 Å². The van der Waals surface area contributed by atoms with Crippen molar-refractivity contribution in [3.63, 3.8) is 0 Å².